The second-order valence-electron chi connectivity index (χ2n) is 5.00. The van der Waals surface area contributed by atoms with Crippen LogP contribution in [0.25, 0.3) is 0 Å². The molecule has 0 unspecified atom stereocenters. The van der Waals surface area contributed by atoms with E-state index in [4.69, 9.17) is 4.74 Å². The highest BCUT2D eigenvalue weighted by Gasteiger charge is 1.95. The lowest BCUT2D eigenvalue weighted by atomic mass is 10.1. The molecular formula is C17H28OS. The monoisotopic (exact) mass is 280 g/mol. The minimum Gasteiger partial charge on any atom is -0.494 e. The summed E-state index contributed by atoms with van der Waals surface area (Å²) in [5, 5.41) is 0. The molecule has 0 N–H and O–H groups in total. The van der Waals surface area contributed by atoms with Crippen molar-refractivity contribution in [1.82, 2.24) is 0 Å². The summed E-state index contributed by atoms with van der Waals surface area (Å²) < 4.78 is 5.74. The molecule has 1 nitrogen and oxygen atoms in total. The minimum absolute atomic E-state index is 0.855. The van der Waals surface area contributed by atoms with Gasteiger partial charge in [0.1, 0.15) is 5.75 Å². The molecule has 0 aliphatic heterocycles. The van der Waals surface area contributed by atoms with Crippen molar-refractivity contribution in [3.8, 4) is 5.75 Å². The van der Waals surface area contributed by atoms with Gasteiger partial charge in [-0.05, 0) is 36.9 Å². The molecule has 0 aliphatic rings. The average Bonchev–Trinajstić information content (AvgIpc) is 2.46. The Morgan fingerprint density at radius 2 is 1.42 bits per heavy atom. The van der Waals surface area contributed by atoms with Crippen LogP contribution >= 0.6 is 11.8 Å². The lowest BCUT2D eigenvalue weighted by molar-refractivity contribution is 0.304. The molecule has 0 spiro atoms. The van der Waals surface area contributed by atoms with E-state index in [0.29, 0.717) is 0 Å². The van der Waals surface area contributed by atoms with Gasteiger partial charge in [0.05, 0.1) is 6.61 Å². The van der Waals surface area contributed by atoms with Gasteiger partial charge in [0.15, 0.2) is 0 Å². The standard InChI is InChI=1S/C17H28OS/c1-3-4-5-6-7-8-9-10-15-18-16-11-13-17(19-2)14-12-16/h11-14H,3-10,15H2,1-2H3. The van der Waals surface area contributed by atoms with E-state index in [1.165, 1.54) is 56.3 Å². The van der Waals surface area contributed by atoms with Crippen LogP contribution in [-0.2, 0) is 0 Å². The van der Waals surface area contributed by atoms with Gasteiger partial charge in [-0.25, -0.2) is 0 Å². The molecule has 2 heteroatoms. The summed E-state index contributed by atoms with van der Waals surface area (Å²) in [7, 11) is 0. The first kappa shape index (κ1) is 16.4. The maximum Gasteiger partial charge on any atom is 0.119 e. The zero-order valence-electron chi connectivity index (χ0n) is 12.5. The smallest absolute Gasteiger partial charge is 0.119 e. The van der Waals surface area contributed by atoms with E-state index >= 15 is 0 Å². The molecule has 0 heterocycles. The quantitative estimate of drug-likeness (QED) is 0.367. The molecule has 1 aromatic carbocycles. The van der Waals surface area contributed by atoms with Crippen LogP contribution in [0.4, 0.5) is 0 Å². The van der Waals surface area contributed by atoms with Crippen LogP contribution in [-0.4, -0.2) is 12.9 Å². The Morgan fingerprint density at radius 1 is 0.842 bits per heavy atom. The van der Waals surface area contributed by atoms with Gasteiger partial charge in [-0.2, -0.15) is 0 Å². The number of rotatable bonds is 11. The number of hydrogen-bond donors (Lipinski definition) is 0. The Balaban J connectivity index is 1.95. The first-order chi connectivity index (χ1) is 9.36. The van der Waals surface area contributed by atoms with Crippen LogP contribution in [0.5, 0.6) is 5.75 Å². The number of hydrogen-bond acceptors (Lipinski definition) is 2. The molecular weight excluding hydrogens is 252 g/mol. The lowest BCUT2D eigenvalue weighted by Gasteiger charge is -2.06. The average molecular weight is 280 g/mol. The largest absolute Gasteiger partial charge is 0.494 e. The summed E-state index contributed by atoms with van der Waals surface area (Å²) in [5.74, 6) is 1.00. The predicted molar refractivity (Wildman–Crippen MR) is 86.3 cm³/mol. The maximum atomic E-state index is 5.74. The van der Waals surface area contributed by atoms with Gasteiger partial charge in [0.2, 0.25) is 0 Å². The van der Waals surface area contributed by atoms with E-state index in [1.54, 1.807) is 11.8 Å². The van der Waals surface area contributed by atoms with E-state index < -0.39 is 0 Å². The molecule has 108 valence electrons. The van der Waals surface area contributed by atoms with E-state index in [-0.39, 0.29) is 0 Å². The zero-order valence-corrected chi connectivity index (χ0v) is 13.3. The fourth-order valence-electron chi connectivity index (χ4n) is 2.10. The third-order valence-corrected chi connectivity index (χ3v) is 4.07. The summed E-state index contributed by atoms with van der Waals surface area (Å²) >= 11 is 1.76. The molecule has 0 saturated carbocycles. The Kier molecular flexibility index (Phi) is 9.70. The molecule has 0 aliphatic carbocycles. The summed E-state index contributed by atoms with van der Waals surface area (Å²) in [6, 6.07) is 8.37. The summed E-state index contributed by atoms with van der Waals surface area (Å²) in [6.07, 6.45) is 12.9. The molecule has 19 heavy (non-hydrogen) atoms. The molecule has 0 atom stereocenters. The van der Waals surface area contributed by atoms with Crippen LogP contribution < -0.4 is 4.74 Å². The van der Waals surface area contributed by atoms with Gasteiger partial charge < -0.3 is 4.74 Å². The zero-order chi connectivity index (χ0) is 13.8. The number of ether oxygens (including phenoxy) is 1. The van der Waals surface area contributed by atoms with E-state index in [2.05, 4.69) is 37.4 Å². The van der Waals surface area contributed by atoms with Gasteiger partial charge in [-0.15, -0.1) is 11.8 Å². The fourth-order valence-corrected chi connectivity index (χ4v) is 2.51. The van der Waals surface area contributed by atoms with Crippen molar-refractivity contribution in [2.24, 2.45) is 0 Å². The van der Waals surface area contributed by atoms with Gasteiger partial charge in [0, 0.05) is 4.90 Å². The van der Waals surface area contributed by atoms with Gasteiger partial charge in [0.25, 0.3) is 0 Å². The van der Waals surface area contributed by atoms with E-state index in [0.717, 1.165) is 12.4 Å². The van der Waals surface area contributed by atoms with Crippen LogP contribution in [0.1, 0.15) is 58.3 Å². The summed E-state index contributed by atoms with van der Waals surface area (Å²) in [6.45, 7) is 3.12. The lowest BCUT2D eigenvalue weighted by Crippen LogP contribution is -1.97. The number of unbranched alkanes of at least 4 members (excludes halogenated alkanes) is 7. The Hall–Kier alpha value is -0.630. The van der Waals surface area contributed by atoms with E-state index in [1.807, 2.05) is 0 Å². The molecule has 1 aromatic rings. The summed E-state index contributed by atoms with van der Waals surface area (Å²) in [5.41, 5.74) is 0. The van der Waals surface area contributed by atoms with Crippen LogP contribution in [0, 0.1) is 0 Å². The second-order valence-corrected chi connectivity index (χ2v) is 5.88. The molecule has 0 fully saturated rings. The Morgan fingerprint density at radius 3 is 2.00 bits per heavy atom. The van der Waals surface area contributed by atoms with Crippen molar-refractivity contribution in [3.63, 3.8) is 0 Å². The number of benzene rings is 1. The third kappa shape index (κ3) is 8.20. The van der Waals surface area contributed by atoms with E-state index in [9.17, 15) is 0 Å². The van der Waals surface area contributed by atoms with Crippen molar-refractivity contribution in [1.29, 1.82) is 0 Å². The highest BCUT2D eigenvalue weighted by Crippen LogP contribution is 2.19. The SMILES string of the molecule is CCCCCCCCCCOc1ccc(SC)cc1. The van der Waals surface area contributed by atoms with Gasteiger partial charge in [-0.1, -0.05) is 51.9 Å². The predicted octanol–water partition coefficient (Wildman–Crippen LogP) is 5.93. The van der Waals surface area contributed by atoms with Crippen molar-refractivity contribution in [3.05, 3.63) is 24.3 Å². The summed E-state index contributed by atoms with van der Waals surface area (Å²) in [4.78, 5) is 1.29. The Labute approximate surface area is 123 Å². The normalized spacial score (nSPS) is 10.6. The molecule has 1 rings (SSSR count). The van der Waals surface area contributed by atoms with Crippen LogP contribution in [0.2, 0.25) is 0 Å². The Bertz CT molecular complexity index is 308. The maximum absolute atomic E-state index is 5.74. The van der Waals surface area contributed by atoms with Crippen molar-refractivity contribution in [2.45, 2.75) is 63.2 Å². The molecule has 0 amide bonds. The molecule has 0 aromatic heterocycles. The molecule has 0 radical (unpaired) electrons. The highest BCUT2D eigenvalue weighted by atomic mass is 32.2. The minimum atomic E-state index is 0.855. The highest BCUT2D eigenvalue weighted by molar-refractivity contribution is 7.98. The molecule has 0 saturated heterocycles. The third-order valence-electron chi connectivity index (χ3n) is 3.33. The number of thioether (sulfide) groups is 1. The first-order valence-electron chi connectivity index (χ1n) is 7.63. The van der Waals surface area contributed by atoms with Crippen LogP contribution in [0.3, 0.4) is 0 Å². The van der Waals surface area contributed by atoms with Gasteiger partial charge in [-0.3, -0.25) is 0 Å². The van der Waals surface area contributed by atoms with Crippen molar-refractivity contribution >= 4 is 11.8 Å². The van der Waals surface area contributed by atoms with Gasteiger partial charge >= 0.3 is 0 Å². The topological polar surface area (TPSA) is 9.23 Å². The van der Waals surface area contributed by atoms with Crippen molar-refractivity contribution < 1.29 is 4.74 Å². The van der Waals surface area contributed by atoms with Crippen LogP contribution in [0.15, 0.2) is 29.2 Å². The first-order valence-corrected chi connectivity index (χ1v) is 8.86. The van der Waals surface area contributed by atoms with Crippen molar-refractivity contribution in [2.75, 3.05) is 12.9 Å². The molecule has 0 bridgehead atoms. The second kappa shape index (κ2) is 11.2. The fraction of sp³-hybridized carbons (Fsp3) is 0.647.